The van der Waals surface area contributed by atoms with E-state index < -0.39 is 6.04 Å². The molecule has 8 heteroatoms. The molecule has 2 amide bonds. The number of thioether (sulfide) groups is 1. The molecule has 0 radical (unpaired) electrons. The van der Waals surface area contributed by atoms with E-state index in [4.69, 9.17) is 9.98 Å². The van der Waals surface area contributed by atoms with Crippen LogP contribution in [0, 0.1) is 5.82 Å². The molecule has 2 heterocycles. The van der Waals surface area contributed by atoms with Crippen LogP contribution >= 0.6 is 11.8 Å². The molecule has 1 N–H and O–H groups in total. The summed E-state index contributed by atoms with van der Waals surface area (Å²) in [4.78, 5) is 36.9. The molecule has 0 unspecified atom stereocenters. The third-order valence-electron chi connectivity index (χ3n) is 6.44. The Kier molecular flexibility index (Phi) is 6.76. The molecule has 0 spiro atoms. The Balaban J connectivity index is 1.29. The minimum absolute atomic E-state index is 0.00949. The summed E-state index contributed by atoms with van der Waals surface area (Å²) in [5, 5.41) is 3.68. The molecule has 0 saturated heterocycles. The van der Waals surface area contributed by atoms with Crippen LogP contribution in [0.2, 0.25) is 0 Å². The molecule has 1 saturated carbocycles. The fraction of sp³-hybridized carbons (Fsp3) is 0.385. The van der Waals surface area contributed by atoms with Crippen molar-refractivity contribution >= 4 is 40.3 Å². The number of hydrogen-bond donors (Lipinski definition) is 1. The number of halogens is 1. The lowest BCUT2D eigenvalue weighted by Crippen LogP contribution is -2.41. The lowest BCUT2D eigenvalue weighted by molar-refractivity contribution is -0.125. The Labute approximate surface area is 202 Å². The summed E-state index contributed by atoms with van der Waals surface area (Å²) >= 11 is 1.42. The van der Waals surface area contributed by atoms with Gasteiger partial charge in [0.05, 0.1) is 5.69 Å². The van der Waals surface area contributed by atoms with Crippen LogP contribution in [0.1, 0.15) is 56.1 Å². The van der Waals surface area contributed by atoms with Gasteiger partial charge < -0.3 is 5.32 Å². The molecule has 1 aliphatic carbocycles. The first-order valence-electron chi connectivity index (χ1n) is 11.8. The Morgan fingerprint density at radius 1 is 1.09 bits per heavy atom. The number of benzene rings is 2. The van der Waals surface area contributed by atoms with Crippen molar-refractivity contribution in [1.82, 2.24) is 10.2 Å². The van der Waals surface area contributed by atoms with Crippen LogP contribution in [-0.4, -0.2) is 39.8 Å². The third kappa shape index (κ3) is 4.92. The van der Waals surface area contributed by atoms with Gasteiger partial charge in [-0.15, -0.1) is 0 Å². The molecular formula is C26H27FN4O2S. The van der Waals surface area contributed by atoms with E-state index in [-0.39, 0.29) is 30.1 Å². The Morgan fingerprint density at radius 3 is 2.65 bits per heavy atom. The predicted molar refractivity (Wildman–Crippen MR) is 133 cm³/mol. The van der Waals surface area contributed by atoms with Crippen molar-refractivity contribution in [3.8, 4) is 0 Å². The van der Waals surface area contributed by atoms with E-state index >= 15 is 0 Å². The van der Waals surface area contributed by atoms with E-state index in [2.05, 4.69) is 5.32 Å². The first-order valence-corrected chi connectivity index (χ1v) is 12.8. The number of nitrogens with zero attached hydrogens (tertiary/aromatic N) is 3. The number of carbonyl (C=O) groups excluding carboxylic acids is 2. The first kappa shape index (κ1) is 22.8. The number of rotatable bonds is 6. The molecular weight excluding hydrogens is 451 g/mol. The number of nitrogens with one attached hydrogen (secondary N) is 1. The minimum Gasteiger partial charge on any atom is -0.353 e. The first-order chi connectivity index (χ1) is 16.6. The second-order valence-electron chi connectivity index (χ2n) is 8.91. The van der Waals surface area contributed by atoms with Gasteiger partial charge in [0, 0.05) is 23.8 Å². The van der Waals surface area contributed by atoms with Crippen molar-refractivity contribution in [3.63, 3.8) is 0 Å². The standard InChI is InChI=1S/C26H27FN4O2S/c27-18-12-10-17(11-13-18)16-34-26-30-21-9-5-4-8-20(21)24-29-22(25(33)31(24)26)14-15-23(32)28-19-6-2-1-3-7-19/h4-5,8-13,19,22H,1-3,6-7,14-16H2,(H,28,32)/t22-/m0/s1. The van der Waals surface area contributed by atoms with Crippen LogP contribution in [0.25, 0.3) is 0 Å². The molecule has 34 heavy (non-hydrogen) atoms. The van der Waals surface area contributed by atoms with Crippen LogP contribution < -0.4 is 5.32 Å². The largest absolute Gasteiger partial charge is 0.353 e. The smallest absolute Gasteiger partial charge is 0.259 e. The molecule has 1 fully saturated rings. The second-order valence-corrected chi connectivity index (χ2v) is 9.85. The highest BCUT2D eigenvalue weighted by Crippen LogP contribution is 2.35. The zero-order valence-corrected chi connectivity index (χ0v) is 19.7. The van der Waals surface area contributed by atoms with E-state index in [9.17, 15) is 14.0 Å². The molecule has 0 aromatic heterocycles. The summed E-state index contributed by atoms with van der Waals surface area (Å²) in [5.74, 6) is 0.699. The Hall–Kier alpha value is -3.00. The van der Waals surface area contributed by atoms with E-state index in [0.717, 1.165) is 42.5 Å². The number of fused-ring (bicyclic) bond motifs is 3. The molecule has 1 atom stereocenters. The minimum atomic E-state index is -0.602. The maximum atomic E-state index is 13.4. The van der Waals surface area contributed by atoms with Gasteiger partial charge in [-0.1, -0.05) is 55.3 Å². The highest BCUT2D eigenvalue weighted by Gasteiger charge is 2.41. The van der Waals surface area contributed by atoms with Crippen molar-refractivity contribution in [2.24, 2.45) is 9.98 Å². The second kappa shape index (κ2) is 10.1. The van der Waals surface area contributed by atoms with Crippen molar-refractivity contribution in [1.29, 1.82) is 0 Å². The Morgan fingerprint density at radius 2 is 1.85 bits per heavy atom. The summed E-state index contributed by atoms with van der Waals surface area (Å²) in [7, 11) is 0. The number of amides is 2. The topological polar surface area (TPSA) is 74.1 Å². The normalized spacial score (nSPS) is 19.9. The molecule has 6 nitrogen and oxygen atoms in total. The third-order valence-corrected chi connectivity index (χ3v) is 7.45. The summed E-state index contributed by atoms with van der Waals surface area (Å²) in [5.41, 5.74) is 2.52. The highest BCUT2D eigenvalue weighted by molar-refractivity contribution is 8.13. The number of carbonyl (C=O) groups is 2. The number of aliphatic imine (C=N–C) groups is 2. The zero-order chi connectivity index (χ0) is 23.5. The van der Waals surface area contributed by atoms with Gasteiger partial charge in [-0.3, -0.25) is 14.6 Å². The molecule has 2 aromatic carbocycles. The molecule has 3 aliphatic rings. The Bertz CT molecular complexity index is 1140. The van der Waals surface area contributed by atoms with Gasteiger partial charge >= 0.3 is 0 Å². The van der Waals surface area contributed by atoms with E-state index in [1.165, 1.54) is 30.3 Å². The fourth-order valence-corrected chi connectivity index (χ4v) is 5.59. The quantitative estimate of drug-likeness (QED) is 0.639. The zero-order valence-electron chi connectivity index (χ0n) is 18.9. The average molecular weight is 479 g/mol. The van der Waals surface area contributed by atoms with Gasteiger partial charge in [0.2, 0.25) is 5.91 Å². The predicted octanol–water partition coefficient (Wildman–Crippen LogP) is 4.95. The maximum absolute atomic E-state index is 13.4. The lowest BCUT2D eigenvalue weighted by atomic mass is 9.95. The van der Waals surface area contributed by atoms with E-state index in [1.54, 1.807) is 17.0 Å². The maximum Gasteiger partial charge on any atom is 0.259 e. The van der Waals surface area contributed by atoms with Gasteiger partial charge in [-0.2, -0.15) is 0 Å². The van der Waals surface area contributed by atoms with E-state index in [0.29, 0.717) is 23.2 Å². The summed E-state index contributed by atoms with van der Waals surface area (Å²) in [6, 6.07) is 13.6. The lowest BCUT2D eigenvalue weighted by Gasteiger charge is -2.25. The highest BCUT2D eigenvalue weighted by atomic mass is 32.2. The molecule has 2 aliphatic heterocycles. The van der Waals surface area contributed by atoms with Crippen molar-refractivity contribution in [2.75, 3.05) is 0 Å². The van der Waals surface area contributed by atoms with Crippen LogP contribution in [0.5, 0.6) is 0 Å². The fourth-order valence-electron chi connectivity index (χ4n) is 4.63. The summed E-state index contributed by atoms with van der Waals surface area (Å²) in [6.07, 6.45) is 6.26. The van der Waals surface area contributed by atoms with Crippen LogP contribution in [-0.2, 0) is 15.3 Å². The SMILES string of the molecule is O=C(CC[C@@H]1N=C2c3ccccc3N=C(SCc3ccc(F)cc3)N2C1=O)NC1CCCCC1. The van der Waals surface area contributed by atoms with E-state index in [1.807, 2.05) is 24.3 Å². The van der Waals surface area contributed by atoms with Crippen LogP contribution in [0.3, 0.4) is 0 Å². The number of amidine groups is 2. The van der Waals surface area contributed by atoms with Gasteiger partial charge in [0.1, 0.15) is 17.7 Å². The van der Waals surface area contributed by atoms with Gasteiger partial charge in [-0.05, 0) is 49.1 Å². The molecule has 176 valence electrons. The van der Waals surface area contributed by atoms with Gasteiger partial charge in [0.15, 0.2) is 5.17 Å². The summed E-state index contributed by atoms with van der Waals surface area (Å²) in [6.45, 7) is 0. The molecule has 5 rings (SSSR count). The van der Waals surface area contributed by atoms with Gasteiger partial charge in [-0.25, -0.2) is 14.3 Å². The summed E-state index contributed by atoms with van der Waals surface area (Å²) < 4.78 is 13.3. The van der Waals surface area contributed by atoms with Gasteiger partial charge in [0.25, 0.3) is 5.91 Å². The monoisotopic (exact) mass is 478 g/mol. The van der Waals surface area contributed by atoms with Crippen LogP contribution in [0.15, 0.2) is 58.5 Å². The van der Waals surface area contributed by atoms with Crippen molar-refractivity contribution in [2.45, 2.75) is 62.8 Å². The number of para-hydroxylation sites is 1. The molecule has 0 bridgehead atoms. The van der Waals surface area contributed by atoms with Crippen molar-refractivity contribution in [3.05, 3.63) is 65.5 Å². The number of hydrogen-bond acceptors (Lipinski definition) is 5. The molecule has 2 aromatic rings. The van der Waals surface area contributed by atoms with Crippen molar-refractivity contribution < 1.29 is 14.0 Å². The van der Waals surface area contributed by atoms with Crippen LogP contribution in [0.4, 0.5) is 10.1 Å². The average Bonchev–Trinajstić information content (AvgIpc) is 3.19.